The number of likely N-dealkylation sites (N-methyl/N-ethyl adjacent to an activating group) is 1. The molecule has 1 fully saturated rings. The van der Waals surface area contributed by atoms with E-state index in [1.165, 1.54) is 11.9 Å². The van der Waals surface area contributed by atoms with Crippen LogP contribution in [0.4, 0.5) is 0 Å². The van der Waals surface area contributed by atoms with Gasteiger partial charge >= 0.3 is 5.97 Å². The number of aliphatic carboxylic acids is 1. The number of hydrogen-bond acceptors (Lipinski definition) is 5. The van der Waals surface area contributed by atoms with Gasteiger partial charge in [0.15, 0.2) is 9.84 Å². The summed E-state index contributed by atoms with van der Waals surface area (Å²) in [6.45, 7) is 2.46. The number of unbranched alkanes of at least 4 members (excludes halogenated alkanes) is 2. The molecule has 0 saturated carbocycles. The van der Waals surface area contributed by atoms with E-state index >= 15 is 0 Å². The quantitative estimate of drug-likeness (QED) is 0.582. The van der Waals surface area contributed by atoms with E-state index in [4.69, 9.17) is 5.11 Å². The van der Waals surface area contributed by atoms with E-state index in [2.05, 4.69) is 0 Å². The molecular formula is C16H28N2O6S. The van der Waals surface area contributed by atoms with Crippen molar-refractivity contribution in [3.8, 4) is 0 Å². The van der Waals surface area contributed by atoms with Gasteiger partial charge in [-0.15, -0.1) is 0 Å². The first-order chi connectivity index (χ1) is 11.7. The standard InChI is InChI=1S/C16H28N2O6S/c1-3-4-5-10-25(23,24)12-15(20)17(2)11-14(19)18-8-6-13(7-9-18)16(21)22/h13H,3-12H2,1-2H3,(H,21,22). The molecule has 2 amide bonds. The number of nitrogens with zero attached hydrogens (tertiary/aromatic N) is 2. The molecule has 0 aromatic carbocycles. The van der Waals surface area contributed by atoms with Gasteiger partial charge in [-0.3, -0.25) is 14.4 Å². The van der Waals surface area contributed by atoms with Crippen LogP contribution in [0, 0.1) is 5.92 Å². The van der Waals surface area contributed by atoms with Crippen molar-refractivity contribution >= 4 is 27.6 Å². The predicted molar refractivity (Wildman–Crippen MR) is 92.8 cm³/mol. The Morgan fingerprint density at radius 2 is 1.76 bits per heavy atom. The van der Waals surface area contributed by atoms with E-state index in [0.29, 0.717) is 32.4 Å². The van der Waals surface area contributed by atoms with Crippen LogP contribution in [0.3, 0.4) is 0 Å². The maximum Gasteiger partial charge on any atom is 0.306 e. The highest BCUT2D eigenvalue weighted by atomic mass is 32.2. The molecule has 0 atom stereocenters. The highest BCUT2D eigenvalue weighted by molar-refractivity contribution is 7.92. The third kappa shape index (κ3) is 7.41. The Morgan fingerprint density at radius 3 is 2.28 bits per heavy atom. The van der Waals surface area contributed by atoms with Crippen LogP contribution in [-0.4, -0.2) is 79.3 Å². The molecule has 1 aliphatic heterocycles. The third-order valence-electron chi connectivity index (χ3n) is 4.40. The van der Waals surface area contributed by atoms with Gasteiger partial charge in [-0.2, -0.15) is 0 Å². The van der Waals surface area contributed by atoms with E-state index in [0.717, 1.165) is 17.7 Å². The number of carboxylic acids is 1. The van der Waals surface area contributed by atoms with Gasteiger partial charge in [0.2, 0.25) is 11.8 Å². The molecule has 8 nitrogen and oxygen atoms in total. The molecule has 0 aromatic heterocycles. The predicted octanol–water partition coefficient (Wildman–Crippen LogP) is 0.373. The smallest absolute Gasteiger partial charge is 0.306 e. The lowest BCUT2D eigenvalue weighted by atomic mass is 9.97. The molecule has 0 unspecified atom stereocenters. The van der Waals surface area contributed by atoms with Gasteiger partial charge in [-0.1, -0.05) is 19.8 Å². The van der Waals surface area contributed by atoms with E-state index < -0.39 is 33.4 Å². The topological polar surface area (TPSA) is 112 Å². The minimum absolute atomic E-state index is 0.0168. The van der Waals surface area contributed by atoms with Crippen LogP contribution < -0.4 is 0 Å². The Kier molecular flexibility index (Phi) is 8.34. The lowest BCUT2D eigenvalue weighted by Gasteiger charge is -2.31. The van der Waals surface area contributed by atoms with Crippen molar-refractivity contribution in [1.82, 2.24) is 9.80 Å². The molecule has 0 spiro atoms. The first kappa shape index (κ1) is 21.4. The molecule has 1 heterocycles. The number of carbonyl (C=O) groups is 3. The lowest BCUT2D eigenvalue weighted by molar-refractivity contribution is -0.146. The average Bonchev–Trinajstić information content (AvgIpc) is 2.54. The van der Waals surface area contributed by atoms with Crippen LogP contribution in [0.25, 0.3) is 0 Å². The van der Waals surface area contributed by atoms with Crippen LogP contribution in [0.1, 0.15) is 39.0 Å². The molecule has 0 radical (unpaired) electrons. The third-order valence-corrected chi connectivity index (χ3v) is 5.99. The fourth-order valence-corrected chi connectivity index (χ4v) is 4.09. The second-order valence-corrected chi connectivity index (χ2v) is 8.73. The number of hydrogen-bond donors (Lipinski definition) is 1. The lowest BCUT2D eigenvalue weighted by Crippen LogP contribution is -2.46. The SMILES string of the molecule is CCCCCS(=O)(=O)CC(=O)N(C)CC(=O)N1CCC(C(=O)O)CC1. The molecule has 1 rings (SSSR count). The van der Waals surface area contributed by atoms with Crippen LogP contribution in [0.15, 0.2) is 0 Å². The molecule has 1 N–H and O–H groups in total. The molecule has 0 aliphatic carbocycles. The number of rotatable bonds is 9. The number of piperidine rings is 1. The maximum atomic E-state index is 12.2. The Hall–Kier alpha value is -1.64. The van der Waals surface area contributed by atoms with E-state index in [1.54, 1.807) is 0 Å². The number of carbonyl (C=O) groups excluding carboxylic acids is 2. The van der Waals surface area contributed by atoms with Crippen LogP contribution in [0.5, 0.6) is 0 Å². The van der Waals surface area contributed by atoms with Crippen molar-refractivity contribution in [2.75, 3.05) is 38.2 Å². The molecule has 1 saturated heterocycles. The summed E-state index contributed by atoms with van der Waals surface area (Å²) in [7, 11) is -2.05. The molecule has 9 heteroatoms. The number of likely N-dealkylation sites (tertiary alicyclic amines) is 1. The monoisotopic (exact) mass is 376 g/mol. The Labute approximate surface area is 149 Å². The van der Waals surface area contributed by atoms with E-state index in [1.807, 2.05) is 6.92 Å². The molecule has 1 aliphatic rings. The largest absolute Gasteiger partial charge is 0.481 e. The zero-order valence-electron chi connectivity index (χ0n) is 14.9. The van der Waals surface area contributed by atoms with Crippen molar-refractivity contribution in [2.24, 2.45) is 5.92 Å². The zero-order chi connectivity index (χ0) is 19.0. The van der Waals surface area contributed by atoms with Gasteiger partial charge in [0.05, 0.1) is 18.2 Å². The van der Waals surface area contributed by atoms with Gasteiger partial charge in [-0.05, 0) is 19.3 Å². The highest BCUT2D eigenvalue weighted by Crippen LogP contribution is 2.17. The Balaban J connectivity index is 2.44. The fraction of sp³-hybridized carbons (Fsp3) is 0.812. The molecular weight excluding hydrogens is 348 g/mol. The summed E-state index contributed by atoms with van der Waals surface area (Å²) < 4.78 is 23.8. The normalized spacial score (nSPS) is 15.8. The Bertz CT molecular complexity index is 581. The number of sulfone groups is 1. The molecule has 25 heavy (non-hydrogen) atoms. The summed E-state index contributed by atoms with van der Waals surface area (Å²) >= 11 is 0. The van der Waals surface area contributed by atoms with Crippen LogP contribution in [0.2, 0.25) is 0 Å². The van der Waals surface area contributed by atoms with Crippen molar-refractivity contribution in [3.05, 3.63) is 0 Å². The van der Waals surface area contributed by atoms with Crippen molar-refractivity contribution in [2.45, 2.75) is 39.0 Å². The summed E-state index contributed by atoms with van der Waals surface area (Å²) in [4.78, 5) is 37.8. The first-order valence-electron chi connectivity index (χ1n) is 8.61. The van der Waals surface area contributed by atoms with Gasteiger partial charge in [0.25, 0.3) is 0 Å². The fourth-order valence-electron chi connectivity index (χ4n) is 2.71. The van der Waals surface area contributed by atoms with Crippen molar-refractivity contribution < 1.29 is 27.9 Å². The van der Waals surface area contributed by atoms with E-state index in [-0.39, 0.29) is 18.2 Å². The summed E-state index contributed by atoms with van der Waals surface area (Å²) in [5.41, 5.74) is 0. The van der Waals surface area contributed by atoms with Crippen LogP contribution >= 0.6 is 0 Å². The van der Waals surface area contributed by atoms with Gasteiger partial charge in [0, 0.05) is 20.1 Å². The number of carboxylic acid groups (broad SMARTS) is 1. The average molecular weight is 376 g/mol. The first-order valence-corrected chi connectivity index (χ1v) is 10.4. The van der Waals surface area contributed by atoms with E-state index in [9.17, 15) is 22.8 Å². The minimum atomic E-state index is -3.46. The Morgan fingerprint density at radius 1 is 1.16 bits per heavy atom. The highest BCUT2D eigenvalue weighted by Gasteiger charge is 2.28. The summed E-state index contributed by atoms with van der Waals surface area (Å²) in [6, 6.07) is 0. The summed E-state index contributed by atoms with van der Waals surface area (Å²) in [6.07, 6.45) is 3.02. The molecule has 0 bridgehead atoms. The molecule has 144 valence electrons. The van der Waals surface area contributed by atoms with Gasteiger partial charge < -0.3 is 14.9 Å². The summed E-state index contributed by atoms with van der Waals surface area (Å²) in [5, 5.41) is 8.95. The number of amides is 2. The van der Waals surface area contributed by atoms with Crippen LogP contribution in [-0.2, 0) is 24.2 Å². The van der Waals surface area contributed by atoms with Gasteiger partial charge in [-0.25, -0.2) is 8.42 Å². The maximum absolute atomic E-state index is 12.2. The van der Waals surface area contributed by atoms with Gasteiger partial charge in [0.1, 0.15) is 5.75 Å². The van der Waals surface area contributed by atoms with Crippen molar-refractivity contribution in [1.29, 1.82) is 0 Å². The minimum Gasteiger partial charge on any atom is -0.481 e. The second kappa shape index (κ2) is 9.74. The second-order valence-electron chi connectivity index (χ2n) is 6.54. The zero-order valence-corrected chi connectivity index (χ0v) is 15.8. The summed E-state index contributed by atoms with van der Waals surface area (Å²) in [5.74, 6) is -2.77. The van der Waals surface area contributed by atoms with Crippen molar-refractivity contribution in [3.63, 3.8) is 0 Å². The molecule has 0 aromatic rings.